The molecule has 4 nitrogen and oxygen atoms in total. The number of nitrogens with one attached hydrogen (secondary N) is 1. The van der Waals surface area contributed by atoms with Crippen molar-refractivity contribution in [3.63, 3.8) is 0 Å². The van der Waals surface area contributed by atoms with Crippen molar-refractivity contribution in [2.75, 3.05) is 12.4 Å². The molecule has 0 aliphatic carbocycles. The fourth-order valence-electron chi connectivity index (χ4n) is 1.06. The minimum atomic E-state index is -0.226. The number of carbonyl (C=O) groups excluding carboxylic acids is 1. The lowest BCUT2D eigenvalue weighted by atomic mass is 10.3. The zero-order valence-electron chi connectivity index (χ0n) is 8.32. The molecule has 0 fully saturated rings. The summed E-state index contributed by atoms with van der Waals surface area (Å²) in [4.78, 5) is 11.5. The van der Waals surface area contributed by atoms with Gasteiger partial charge in [-0.2, -0.15) is 0 Å². The van der Waals surface area contributed by atoms with Gasteiger partial charge in [0.05, 0.1) is 18.5 Å². The number of rotatable bonds is 4. The molecule has 3 N–H and O–H groups in total. The first-order chi connectivity index (χ1) is 7.11. The Morgan fingerprint density at radius 2 is 2.33 bits per heavy atom. The molecule has 0 aliphatic heterocycles. The summed E-state index contributed by atoms with van der Waals surface area (Å²) < 4.78 is 5.02. The normalized spacial score (nSPS) is 9.40. The first-order valence-electron chi connectivity index (χ1n) is 4.34. The highest BCUT2D eigenvalue weighted by molar-refractivity contribution is 7.80. The predicted molar refractivity (Wildman–Crippen MR) is 63.0 cm³/mol. The van der Waals surface area contributed by atoms with Gasteiger partial charge in [-0.3, -0.25) is 4.79 Å². The van der Waals surface area contributed by atoms with E-state index in [0.717, 1.165) is 0 Å². The zero-order chi connectivity index (χ0) is 11.3. The number of benzene rings is 1. The monoisotopic (exact) mass is 224 g/mol. The highest BCUT2D eigenvalue weighted by Gasteiger charge is 2.04. The van der Waals surface area contributed by atoms with Crippen LogP contribution in [0, 0.1) is 0 Å². The Morgan fingerprint density at radius 1 is 1.60 bits per heavy atom. The number of hydrogen-bond donors (Lipinski definition) is 2. The lowest BCUT2D eigenvalue weighted by molar-refractivity contribution is -0.115. The van der Waals surface area contributed by atoms with Crippen LogP contribution in [0.5, 0.6) is 5.75 Å². The van der Waals surface area contributed by atoms with Crippen molar-refractivity contribution in [1.82, 2.24) is 0 Å². The van der Waals surface area contributed by atoms with Crippen molar-refractivity contribution in [3.8, 4) is 5.75 Å². The number of anilines is 1. The summed E-state index contributed by atoms with van der Waals surface area (Å²) >= 11 is 4.63. The number of hydrogen-bond acceptors (Lipinski definition) is 3. The van der Waals surface area contributed by atoms with E-state index in [1.807, 2.05) is 0 Å². The zero-order valence-corrected chi connectivity index (χ0v) is 9.14. The Labute approximate surface area is 93.4 Å². The number of carbonyl (C=O) groups is 1. The van der Waals surface area contributed by atoms with E-state index in [1.54, 1.807) is 31.4 Å². The molecule has 0 radical (unpaired) electrons. The number of nitrogens with two attached hydrogens (primary N) is 1. The maximum Gasteiger partial charge on any atom is 0.231 e. The maximum absolute atomic E-state index is 11.3. The Kier molecular flexibility index (Phi) is 4.05. The number of thiocarbonyl (C=S) groups is 1. The van der Waals surface area contributed by atoms with Crippen LogP contribution in [-0.4, -0.2) is 18.0 Å². The molecule has 0 unspecified atom stereocenters. The molecule has 0 atom stereocenters. The third-order valence-corrected chi connectivity index (χ3v) is 1.83. The van der Waals surface area contributed by atoms with Gasteiger partial charge in [-0.05, 0) is 12.1 Å². The SMILES string of the molecule is COc1cccc(NC(=O)CC(N)=S)c1. The molecule has 80 valence electrons. The second kappa shape index (κ2) is 5.31. The van der Waals surface area contributed by atoms with Crippen molar-refractivity contribution in [2.24, 2.45) is 5.73 Å². The van der Waals surface area contributed by atoms with Crippen molar-refractivity contribution in [1.29, 1.82) is 0 Å². The minimum Gasteiger partial charge on any atom is -0.497 e. The molecule has 0 aliphatic rings. The molecule has 0 saturated heterocycles. The lowest BCUT2D eigenvalue weighted by Gasteiger charge is -2.06. The van der Waals surface area contributed by atoms with E-state index in [0.29, 0.717) is 11.4 Å². The van der Waals surface area contributed by atoms with E-state index in [9.17, 15) is 4.79 Å². The second-order valence-electron chi connectivity index (χ2n) is 2.92. The summed E-state index contributed by atoms with van der Waals surface area (Å²) in [5.41, 5.74) is 5.91. The van der Waals surface area contributed by atoms with Gasteiger partial charge in [0, 0.05) is 11.8 Å². The van der Waals surface area contributed by atoms with Gasteiger partial charge in [-0.1, -0.05) is 18.3 Å². The molecule has 1 amide bonds. The van der Waals surface area contributed by atoms with Gasteiger partial charge in [0.15, 0.2) is 0 Å². The average molecular weight is 224 g/mol. The molecule has 1 aromatic carbocycles. The van der Waals surface area contributed by atoms with Crippen LogP contribution in [0.15, 0.2) is 24.3 Å². The molecule has 0 bridgehead atoms. The van der Waals surface area contributed by atoms with Gasteiger partial charge in [-0.15, -0.1) is 0 Å². The van der Waals surface area contributed by atoms with Gasteiger partial charge >= 0.3 is 0 Å². The summed E-state index contributed by atoms with van der Waals surface area (Å²) in [6.45, 7) is 0. The van der Waals surface area contributed by atoms with Gasteiger partial charge < -0.3 is 15.8 Å². The van der Waals surface area contributed by atoms with Crippen LogP contribution in [-0.2, 0) is 4.79 Å². The lowest BCUT2D eigenvalue weighted by Crippen LogP contribution is -2.20. The van der Waals surface area contributed by atoms with Crippen LogP contribution in [0.25, 0.3) is 0 Å². The number of amides is 1. The number of methoxy groups -OCH3 is 1. The molecule has 1 rings (SSSR count). The largest absolute Gasteiger partial charge is 0.497 e. The topological polar surface area (TPSA) is 64.3 Å². The standard InChI is InChI=1S/C10H12N2O2S/c1-14-8-4-2-3-7(5-8)12-10(13)6-9(11)15/h2-5H,6H2,1H3,(H2,11,15)(H,12,13). The quantitative estimate of drug-likeness (QED) is 0.757. The molecule has 0 heterocycles. The van der Waals surface area contributed by atoms with Crippen LogP contribution in [0.2, 0.25) is 0 Å². The van der Waals surface area contributed by atoms with Crippen molar-refractivity contribution < 1.29 is 9.53 Å². The summed E-state index contributed by atoms with van der Waals surface area (Å²) in [7, 11) is 1.57. The Balaban J connectivity index is 2.63. The third-order valence-electron chi connectivity index (χ3n) is 1.69. The van der Waals surface area contributed by atoms with Gasteiger partial charge in [0.1, 0.15) is 5.75 Å². The maximum atomic E-state index is 11.3. The van der Waals surface area contributed by atoms with E-state index >= 15 is 0 Å². The first-order valence-corrected chi connectivity index (χ1v) is 4.75. The van der Waals surface area contributed by atoms with Crippen LogP contribution < -0.4 is 15.8 Å². The summed E-state index contributed by atoms with van der Waals surface area (Å²) in [6.07, 6.45) is 0.0482. The molecular formula is C10H12N2O2S. The van der Waals surface area contributed by atoms with E-state index < -0.39 is 0 Å². The molecule has 0 spiro atoms. The highest BCUT2D eigenvalue weighted by Crippen LogP contribution is 2.16. The number of ether oxygens (including phenoxy) is 1. The summed E-state index contributed by atoms with van der Waals surface area (Å²) in [5, 5.41) is 2.66. The summed E-state index contributed by atoms with van der Waals surface area (Å²) in [6, 6.07) is 7.07. The van der Waals surface area contributed by atoms with Crippen LogP contribution in [0.4, 0.5) is 5.69 Å². The van der Waals surface area contributed by atoms with Crippen LogP contribution >= 0.6 is 12.2 Å². The van der Waals surface area contributed by atoms with E-state index in [4.69, 9.17) is 10.5 Å². The third kappa shape index (κ3) is 3.95. The van der Waals surface area contributed by atoms with Crippen LogP contribution in [0.1, 0.15) is 6.42 Å². The molecule has 15 heavy (non-hydrogen) atoms. The fourth-order valence-corrected chi connectivity index (χ4v) is 1.20. The van der Waals surface area contributed by atoms with Crippen molar-refractivity contribution in [3.05, 3.63) is 24.3 Å². The van der Waals surface area contributed by atoms with Crippen molar-refractivity contribution >= 4 is 28.8 Å². The Bertz CT molecular complexity index is 379. The Hall–Kier alpha value is -1.62. The highest BCUT2D eigenvalue weighted by atomic mass is 32.1. The van der Waals surface area contributed by atoms with Gasteiger partial charge in [0.25, 0.3) is 0 Å². The Morgan fingerprint density at radius 3 is 2.93 bits per heavy atom. The van der Waals surface area contributed by atoms with E-state index in [-0.39, 0.29) is 17.3 Å². The predicted octanol–water partition coefficient (Wildman–Crippen LogP) is 1.31. The molecule has 5 heteroatoms. The molecular weight excluding hydrogens is 212 g/mol. The molecule has 1 aromatic rings. The average Bonchev–Trinajstić information content (AvgIpc) is 2.16. The smallest absolute Gasteiger partial charge is 0.231 e. The molecule has 0 aromatic heterocycles. The molecule has 0 saturated carbocycles. The van der Waals surface area contributed by atoms with Gasteiger partial charge in [0.2, 0.25) is 5.91 Å². The van der Waals surface area contributed by atoms with Gasteiger partial charge in [-0.25, -0.2) is 0 Å². The van der Waals surface area contributed by atoms with Crippen LogP contribution in [0.3, 0.4) is 0 Å². The first kappa shape index (κ1) is 11.5. The summed E-state index contributed by atoms with van der Waals surface area (Å²) in [5.74, 6) is 0.457. The van der Waals surface area contributed by atoms with E-state index in [1.165, 1.54) is 0 Å². The van der Waals surface area contributed by atoms with E-state index in [2.05, 4.69) is 17.5 Å². The van der Waals surface area contributed by atoms with Crippen molar-refractivity contribution in [2.45, 2.75) is 6.42 Å². The second-order valence-corrected chi connectivity index (χ2v) is 3.45. The fraction of sp³-hybridized carbons (Fsp3) is 0.200. The minimum absolute atomic E-state index is 0.0482.